The first kappa shape index (κ1) is 20.6. The molecule has 0 saturated carbocycles. The lowest BCUT2D eigenvalue weighted by atomic mass is 10.1. The Morgan fingerprint density at radius 2 is 1.77 bits per heavy atom. The van der Waals surface area contributed by atoms with E-state index >= 15 is 0 Å². The van der Waals surface area contributed by atoms with Crippen molar-refractivity contribution in [2.75, 3.05) is 32.1 Å². The van der Waals surface area contributed by atoms with E-state index in [0.29, 0.717) is 0 Å². The lowest BCUT2D eigenvalue weighted by Gasteiger charge is -2.23. The summed E-state index contributed by atoms with van der Waals surface area (Å²) in [4.78, 5) is 3.86. The molecule has 1 aromatic heterocycles. The molecular formula is C23H30N5OS+. The van der Waals surface area contributed by atoms with Crippen molar-refractivity contribution < 1.29 is 9.64 Å². The van der Waals surface area contributed by atoms with Crippen LogP contribution in [0.25, 0.3) is 11.4 Å². The Balaban J connectivity index is 1.51. The third-order valence-corrected chi connectivity index (χ3v) is 6.22. The molecule has 0 amide bonds. The highest BCUT2D eigenvalue weighted by Crippen LogP contribution is 2.24. The minimum absolute atomic E-state index is 0.719. The molecular weight excluding hydrogens is 394 g/mol. The van der Waals surface area contributed by atoms with Crippen molar-refractivity contribution in [3.05, 3.63) is 58.9 Å². The lowest BCUT2D eigenvalue weighted by Crippen LogP contribution is -3.07. The van der Waals surface area contributed by atoms with E-state index in [9.17, 15) is 0 Å². The Morgan fingerprint density at radius 1 is 1.07 bits per heavy atom. The lowest BCUT2D eigenvalue weighted by molar-refractivity contribution is -0.917. The maximum Gasteiger partial charge on any atom is 0.202 e. The van der Waals surface area contributed by atoms with E-state index in [0.717, 1.165) is 48.2 Å². The molecule has 2 heterocycles. The highest BCUT2D eigenvalue weighted by Gasteiger charge is 2.18. The van der Waals surface area contributed by atoms with Gasteiger partial charge >= 0.3 is 0 Å². The molecule has 6 nitrogen and oxygen atoms in total. The van der Waals surface area contributed by atoms with Crippen LogP contribution in [0.5, 0.6) is 5.75 Å². The van der Waals surface area contributed by atoms with Gasteiger partial charge in [-0.25, -0.2) is 0 Å². The zero-order valence-electron chi connectivity index (χ0n) is 18.0. The van der Waals surface area contributed by atoms with Crippen LogP contribution in [-0.4, -0.2) is 41.6 Å². The SMILES string of the molecule is COc1ccc(-c2nn(C[NH+](C)Cc3ccccc3N3CCCC3)c(=S)n2C)cc1. The molecule has 0 bridgehead atoms. The number of hydrogen-bond donors (Lipinski definition) is 1. The van der Waals surface area contributed by atoms with Gasteiger partial charge in [0.15, 0.2) is 12.5 Å². The normalized spacial score (nSPS) is 14.8. The Labute approximate surface area is 183 Å². The summed E-state index contributed by atoms with van der Waals surface area (Å²) in [5.41, 5.74) is 3.78. The first-order chi connectivity index (χ1) is 14.6. The number of nitrogens with zero attached hydrogens (tertiary/aromatic N) is 4. The minimum atomic E-state index is 0.719. The van der Waals surface area contributed by atoms with E-state index in [4.69, 9.17) is 22.1 Å². The van der Waals surface area contributed by atoms with Crippen molar-refractivity contribution >= 4 is 17.9 Å². The summed E-state index contributed by atoms with van der Waals surface area (Å²) in [5.74, 6) is 1.70. The molecule has 4 rings (SSSR count). The molecule has 0 spiro atoms. The van der Waals surface area contributed by atoms with Gasteiger partial charge in [0.25, 0.3) is 0 Å². The number of nitrogens with one attached hydrogen (secondary N) is 1. The number of aromatic nitrogens is 3. The first-order valence-corrected chi connectivity index (χ1v) is 10.9. The predicted molar refractivity (Wildman–Crippen MR) is 122 cm³/mol. The fourth-order valence-electron chi connectivity index (χ4n) is 4.15. The third-order valence-electron chi connectivity index (χ3n) is 5.74. The van der Waals surface area contributed by atoms with E-state index in [2.05, 4.69) is 36.2 Å². The molecule has 1 unspecified atom stereocenters. The summed E-state index contributed by atoms with van der Waals surface area (Å²) >= 11 is 5.68. The van der Waals surface area contributed by atoms with Crippen molar-refractivity contribution in [1.82, 2.24) is 14.3 Å². The largest absolute Gasteiger partial charge is 0.497 e. The quantitative estimate of drug-likeness (QED) is 0.592. The van der Waals surface area contributed by atoms with E-state index in [1.54, 1.807) is 7.11 Å². The van der Waals surface area contributed by atoms with Gasteiger partial charge in [-0.05, 0) is 55.4 Å². The number of para-hydroxylation sites is 1. The van der Waals surface area contributed by atoms with Gasteiger partial charge in [-0.15, -0.1) is 5.10 Å². The zero-order chi connectivity index (χ0) is 21.1. The van der Waals surface area contributed by atoms with E-state index in [1.165, 1.54) is 29.0 Å². The summed E-state index contributed by atoms with van der Waals surface area (Å²) in [5, 5.41) is 4.82. The maximum absolute atomic E-state index is 5.68. The Hall–Kier alpha value is -2.64. The molecule has 0 radical (unpaired) electrons. The summed E-state index contributed by atoms with van der Waals surface area (Å²) in [6.45, 7) is 3.97. The number of rotatable bonds is 7. The summed E-state index contributed by atoms with van der Waals surface area (Å²) in [6.07, 6.45) is 2.57. The summed E-state index contributed by atoms with van der Waals surface area (Å²) in [7, 11) is 5.85. The second-order valence-corrected chi connectivity index (χ2v) is 8.37. The number of ether oxygens (including phenoxy) is 1. The second kappa shape index (κ2) is 9.02. The minimum Gasteiger partial charge on any atom is -0.497 e. The number of methoxy groups -OCH3 is 1. The van der Waals surface area contributed by atoms with Crippen LogP contribution in [0, 0.1) is 4.77 Å². The van der Waals surface area contributed by atoms with Crippen molar-refractivity contribution in [1.29, 1.82) is 0 Å². The standard InChI is InChI=1S/C23H29N5OS/c1-25(16-19-8-4-5-9-21(19)27-14-6-7-15-27)17-28-23(30)26(2)22(24-28)18-10-12-20(29-3)13-11-18/h4-5,8-13H,6-7,14-17H2,1-3H3/p+1. The van der Waals surface area contributed by atoms with Crippen LogP contribution < -0.4 is 14.5 Å². The van der Waals surface area contributed by atoms with Crippen LogP contribution >= 0.6 is 12.2 Å². The highest BCUT2D eigenvalue weighted by molar-refractivity contribution is 7.71. The molecule has 1 fully saturated rings. The van der Waals surface area contributed by atoms with Crippen molar-refractivity contribution in [2.45, 2.75) is 26.1 Å². The molecule has 2 aromatic carbocycles. The fraction of sp³-hybridized carbons (Fsp3) is 0.391. The van der Waals surface area contributed by atoms with Crippen LogP contribution in [-0.2, 0) is 20.3 Å². The van der Waals surface area contributed by atoms with Crippen LogP contribution in [0.4, 0.5) is 5.69 Å². The molecule has 158 valence electrons. The monoisotopic (exact) mass is 424 g/mol. The van der Waals surface area contributed by atoms with Crippen LogP contribution in [0.3, 0.4) is 0 Å². The highest BCUT2D eigenvalue weighted by atomic mass is 32.1. The Kier molecular flexibility index (Phi) is 6.20. The number of benzene rings is 2. The van der Waals surface area contributed by atoms with Gasteiger partial charge in [-0.1, -0.05) is 18.2 Å². The molecule has 7 heteroatoms. The van der Waals surface area contributed by atoms with Gasteiger partial charge < -0.3 is 19.1 Å². The van der Waals surface area contributed by atoms with Crippen molar-refractivity contribution in [3.63, 3.8) is 0 Å². The fourth-order valence-corrected chi connectivity index (χ4v) is 4.34. The molecule has 1 atom stereocenters. The summed E-state index contributed by atoms with van der Waals surface area (Å²) < 4.78 is 9.90. The molecule has 0 aliphatic carbocycles. The molecule has 1 saturated heterocycles. The smallest absolute Gasteiger partial charge is 0.202 e. The topological polar surface area (TPSA) is 39.7 Å². The number of quaternary nitrogens is 1. The van der Waals surface area contributed by atoms with E-state index in [-0.39, 0.29) is 0 Å². The molecule has 30 heavy (non-hydrogen) atoms. The van der Waals surface area contributed by atoms with Gasteiger partial charge in [-0.3, -0.25) is 0 Å². The third kappa shape index (κ3) is 4.27. The summed E-state index contributed by atoms with van der Waals surface area (Å²) in [6, 6.07) is 16.7. The van der Waals surface area contributed by atoms with Crippen molar-refractivity contribution in [2.24, 2.45) is 7.05 Å². The average Bonchev–Trinajstić information content (AvgIpc) is 3.39. The Bertz CT molecular complexity index is 1050. The van der Waals surface area contributed by atoms with Gasteiger partial charge in [0, 0.05) is 37.0 Å². The van der Waals surface area contributed by atoms with Gasteiger partial charge in [0.05, 0.1) is 14.2 Å². The molecule has 1 N–H and O–H groups in total. The zero-order valence-corrected chi connectivity index (χ0v) is 18.8. The number of hydrogen-bond acceptors (Lipinski definition) is 4. The van der Waals surface area contributed by atoms with Crippen LogP contribution in [0.15, 0.2) is 48.5 Å². The van der Waals surface area contributed by atoms with Gasteiger partial charge in [-0.2, -0.15) is 4.68 Å². The first-order valence-electron chi connectivity index (χ1n) is 10.5. The van der Waals surface area contributed by atoms with Crippen LogP contribution in [0.1, 0.15) is 18.4 Å². The molecule has 3 aromatic rings. The van der Waals surface area contributed by atoms with E-state index < -0.39 is 0 Å². The van der Waals surface area contributed by atoms with Crippen LogP contribution in [0.2, 0.25) is 0 Å². The molecule has 1 aliphatic rings. The second-order valence-electron chi connectivity index (χ2n) is 8.01. The predicted octanol–water partition coefficient (Wildman–Crippen LogP) is 2.90. The maximum atomic E-state index is 5.68. The number of anilines is 1. The van der Waals surface area contributed by atoms with Gasteiger partial charge in [0.2, 0.25) is 4.77 Å². The van der Waals surface area contributed by atoms with E-state index in [1.807, 2.05) is 40.6 Å². The van der Waals surface area contributed by atoms with Crippen molar-refractivity contribution in [3.8, 4) is 17.1 Å². The molecule has 1 aliphatic heterocycles. The van der Waals surface area contributed by atoms with Gasteiger partial charge in [0.1, 0.15) is 12.3 Å². The Morgan fingerprint density at radius 3 is 2.47 bits per heavy atom. The average molecular weight is 425 g/mol.